The highest BCUT2D eigenvalue weighted by Crippen LogP contribution is 2.44. The van der Waals surface area contributed by atoms with Crippen LogP contribution in [0.1, 0.15) is 29.0 Å². The molecule has 1 aliphatic carbocycles. The molecule has 0 radical (unpaired) electrons. The molecule has 1 saturated carbocycles. The third-order valence-corrected chi connectivity index (χ3v) is 3.97. The standard InChI is InChI=1S/C15H17NO3/c1-10-11-4-2-3-5-12(11)19-13(10)14(18)16-8-15(9-17)6-7-15/h2-5,17H,6-9H2,1H3,(H,16,18). The Morgan fingerprint density at radius 1 is 1.42 bits per heavy atom. The lowest BCUT2D eigenvalue weighted by atomic mass is 10.1. The molecule has 0 bridgehead atoms. The van der Waals surface area contributed by atoms with E-state index in [4.69, 9.17) is 4.42 Å². The van der Waals surface area contributed by atoms with Crippen LogP contribution in [0.15, 0.2) is 28.7 Å². The molecular formula is C15H17NO3. The van der Waals surface area contributed by atoms with Crippen LogP contribution in [-0.2, 0) is 0 Å². The minimum absolute atomic E-state index is 0.0877. The van der Waals surface area contributed by atoms with Gasteiger partial charge in [0.2, 0.25) is 0 Å². The maximum Gasteiger partial charge on any atom is 0.287 e. The summed E-state index contributed by atoms with van der Waals surface area (Å²) in [6.45, 7) is 2.53. The number of carbonyl (C=O) groups excluding carboxylic acids is 1. The fourth-order valence-electron chi connectivity index (χ4n) is 2.31. The Balaban J connectivity index is 1.80. The van der Waals surface area contributed by atoms with E-state index in [9.17, 15) is 9.90 Å². The molecule has 1 aromatic carbocycles. The van der Waals surface area contributed by atoms with Crippen molar-refractivity contribution in [2.24, 2.45) is 5.41 Å². The highest BCUT2D eigenvalue weighted by Gasteiger charge is 2.42. The van der Waals surface area contributed by atoms with Crippen LogP contribution in [0.2, 0.25) is 0 Å². The average Bonchev–Trinajstić information content (AvgIpc) is 3.15. The van der Waals surface area contributed by atoms with E-state index >= 15 is 0 Å². The van der Waals surface area contributed by atoms with Crippen LogP contribution in [0, 0.1) is 12.3 Å². The lowest BCUT2D eigenvalue weighted by molar-refractivity contribution is 0.0909. The molecule has 19 heavy (non-hydrogen) atoms. The van der Waals surface area contributed by atoms with E-state index in [0.29, 0.717) is 12.3 Å². The van der Waals surface area contributed by atoms with Crippen molar-refractivity contribution in [1.29, 1.82) is 0 Å². The highest BCUT2D eigenvalue weighted by atomic mass is 16.3. The Bertz CT molecular complexity index is 625. The van der Waals surface area contributed by atoms with Crippen LogP contribution in [0.5, 0.6) is 0 Å². The first-order valence-electron chi connectivity index (χ1n) is 6.52. The molecule has 0 unspecified atom stereocenters. The second-order valence-corrected chi connectivity index (χ2v) is 5.39. The lowest BCUT2D eigenvalue weighted by Gasteiger charge is -2.11. The van der Waals surface area contributed by atoms with Crippen molar-refractivity contribution in [3.05, 3.63) is 35.6 Å². The summed E-state index contributed by atoms with van der Waals surface area (Å²) >= 11 is 0. The van der Waals surface area contributed by atoms with E-state index in [2.05, 4.69) is 5.32 Å². The number of aliphatic hydroxyl groups is 1. The van der Waals surface area contributed by atoms with Crippen molar-refractivity contribution >= 4 is 16.9 Å². The third-order valence-electron chi connectivity index (χ3n) is 3.97. The van der Waals surface area contributed by atoms with Gasteiger partial charge in [-0.1, -0.05) is 18.2 Å². The van der Waals surface area contributed by atoms with Crippen molar-refractivity contribution in [2.45, 2.75) is 19.8 Å². The van der Waals surface area contributed by atoms with Crippen molar-refractivity contribution in [2.75, 3.05) is 13.2 Å². The first-order valence-corrected chi connectivity index (χ1v) is 6.52. The average molecular weight is 259 g/mol. The number of aryl methyl sites for hydroxylation is 1. The summed E-state index contributed by atoms with van der Waals surface area (Å²) in [5.74, 6) is 0.170. The Hall–Kier alpha value is -1.81. The van der Waals surface area contributed by atoms with Crippen molar-refractivity contribution < 1.29 is 14.3 Å². The SMILES string of the molecule is Cc1c(C(=O)NCC2(CO)CC2)oc2ccccc12. The van der Waals surface area contributed by atoms with Crippen LogP contribution in [-0.4, -0.2) is 24.2 Å². The lowest BCUT2D eigenvalue weighted by Crippen LogP contribution is -2.31. The summed E-state index contributed by atoms with van der Waals surface area (Å²) in [7, 11) is 0. The maximum absolute atomic E-state index is 12.1. The van der Waals surface area contributed by atoms with Crippen LogP contribution in [0.4, 0.5) is 0 Å². The van der Waals surface area contributed by atoms with Gasteiger partial charge in [-0.15, -0.1) is 0 Å². The zero-order valence-electron chi connectivity index (χ0n) is 10.9. The number of para-hydroxylation sites is 1. The van der Waals surface area contributed by atoms with Gasteiger partial charge in [0, 0.05) is 22.9 Å². The predicted octanol–water partition coefficient (Wildman–Crippen LogP) is 2.24. The number of furan rings is 1. The fraction of sp³-hybridized carbons (Fsp3) is 0.400. The molecule has 3 rings (SSSR count). The summed E-state index contributed by atoms with van der Waals surface area (Å²) < 4.78 is 5.61. The quantitative estimate of drug-likeness (QED) is 0.885. The van der Waals surface area contributed by atoms with Crippen LogP contribution >= 0.6 is 0 Å². The van der Waals surface area contributed by atoms with Gasteiger partial charge in [-0.3, -0.25) is 4.79 Å². The number of nitrogens with one attached hydrogen (secondary N) is 1. The van der Waals surface area contributed by atoms with Gasteiger partial charge in [0.05, 0.1) is 6.61 Å². The summed E-state index contributed by atoms with van der Waals surface area (Å²) in [6, 6.07) is 7.62. The van der Waals surface area contributed by atoms with Gasteiger partial charge in [-0.05, 0) is 25.8 Å². The monoisotopic (exact) mass is 259 g/mol. The summed E-state index contributed by atoms with van der Waals surface area (Å²) in [5, 5.41) is 13.1. The van der Waals surface area contributed by atoms with E-state index < -0.39 is 0 Å². The number of hydrogen-bond acceptors (Lipinski definition) is 3. The molecule has 4 heteroatoms. The predicted molar refractivity (Wildman–Crippen MR) is 72.0 cm³/mol. The molecule has 2 N–H and O–H groups in total. The van der Waals surface area contributed by atoms with E-state index in [1.54, 1.807) is 0 Å². The molecule has 1 aliphatic rings. The van der Waals surface area contributed by atoms with Gasteiger partial charge >= 0.3 is 0 Å². The number of benzene rings is 1. The topological polar surface area (TPSA) is 62.5 Å². The molecule has 1 heterocycles. The van der Waals surface area contributed by atoms with Crippen LogP contribution in [0.25, 0.3) is 11.0 Å². The van der Waals surface area contributed by atoms with Gasteiger partial charge in [0.1, 0.15) is 5.58 Å². The minimum atomic E-state index is -0.201. The largest absolute Gasteiger partial charge is 0.451 e. The molecule has 0 saturated heterocycles. The van der Waals surface area contributed by atoms with Crippen LogP contribution in [0.3, 0.4) is 0 Å². The first kappa shape index (κ1) is 12.2. The highest BCUT2D eigenvalue weighted by molar-refractivity contribution is 5.98. The van der Waals surface area contributed by atoms with Gasteiger partial charge in [-0.25, -0.2) is 0 Å². The Labute approximate surface area is 111 Å². The molecule has 2 aromatic rings. The number of amides is 1. The molecule has 1 amide bonds. The molecule has 4 nitrogen and oxygen atoms in total. The van der Waals surface area contributed by atoms with Gasteiger partial charge in [0.25, 0.3) is 5.91 Å². The fourth-order valence-corrected chi connectivity index (χ4v) is 2.31. The normalized spacial score (nSPS) is 16.5. The molecule has 0 atom stereocenters. The second kappa shape index (κ2) is 4.38. The number of carbonyl (C=O) groups is 1. The summed E-state index contributed by atoms with van der Waals surface area (Å²) in [5.41, 5.74) is 1.51. The van der Waals surface area contributed by atoms with E-state index in [0.717, 1.165) is 29.4 Å². The molecule has 1 fully saturated rings. The number of rotatable bonds is 4. The van der Waals surface area contributed by atoms with E-state index in [1.807, 2.05) is 31.2 Å². The number of fused-ring (bicyclic) bond motifs is 1. The zero-order chi connectivity index (χ0) is 13.5. The molecule has 0 spiro atoms. The van der Waals surface area contributed by atoms with E-state index in [1.165, 1.54) is 0 Å². The molecule has 0 aliphatic heterocycles. The molecule has 1 aromatic heterocycles. The summed E-state index contributed by atoms with van der Waals surface area (Å²) in [6.07, 6.45) is 1.95. The van der Waals surface area contributed by atoms with Crippen molar-refractivity contribution in [3.63, 3.8) is 0 Å². The summed E-state index contributed by atoms with van der Waals surface area (Å²) in [4.78, 5) is 12.1. The van der Waals surface area contributed by atoms with Gasteiger partial charge in [0.15, 0.2) is 5.76 Å². The Kier molecular flexibility index (Phi) is 2.82. The first-order chi connectivity index (χ1) is 9.15. The van der Waals surface area contributed by atoms with E-state index in [-0.39, 0.29) is 17.9 Å². The van der Waals surface area contributed by atoms with Crippen molar-refractivity contribution in [3.8, 4) is 0 Å². The second-order valence-electron chi connectivity index (χ2n) is 5.39. The van der Waals surface area contributed by atoms with Gasteiger partial charge < -0.3 is 14.8 Å². The smallest absolute Gasteiger partial charge is 0.287 e. The van der Waals surface area contributed by atoms with Crippen LogP contribution < -0.4 is 5.32 Å². The molecule has 100 valence electrons. The molecular weight excluding hydrogens is 242 g/mol. The number of hydrogen-bond donors (Lipinski definition) is 2. The Morgan fingerprint density at radius 2 is 2.16 bits per heavy atom. The zero-order valence-corrected chi connectivity index (χ0v) is 10.9. The maximum atomic E-state index is 12.1. The Morgan fingerprint density at radius 3 is 2.79 bits per heavy atom. The third kappa shape index (κ3) is 2.12. The minimum Gasteiger partial charge on any atom is -0.451 e. The number of aliphatic hydroxyl groups excluding tert-OH is 1. The van der Waals surface area contributed by atoms with Gasteiger partial charge in [-0.2, -0.15) is 0 Å². The van der Waals surface area contributed by atoms with Crippen molar-refractivity contribution in [1.82, 2.24) is 5.32 Å².